The summed E-state index contributed by atoms with van der Waals surface area (Å²) in [6.07, 6.45) is 3.28. The normalized spacial score (nSPS) is 25.0. The first-order chi connectivity index (χ1) is 41.9. The van der Waals surface area contributed by atoms with Gasteiger partial charge in [0.2, 0.25) is 35.4 Å². The maximum absolute atomic E-state index is 15.8. The van der Waals surface area contributed by atoms with Gasteiger partial charge in [-0.15, -0.1) is 0 Å². The number of likely N-dealkylation sites (N-methyl/N-ethyl adjacent to an activating group) is 4. The van der Waals surface area contributed by atoms with Crippen molar-refractivity contribution in [2.75, 3.05) is 34.7 Å². The summed E-state index contributed by atoms with van der Waals surface area (Å²) in [6.45, 7) is 20.9. The summed E-state index contributed by atoms with van der Waals surface area (Å²) in [4.78, 5) is 148. The number of esters is 1. The maximum atomic E-state index is 15.8. The second-order valence-electron chi connectivity index (χ2n) is 26.6. The van der Waals surface area contributed by atoms with Crippen molar-refractivity contribution in [3.63, 3.8) is 0 Å². The average Bonchev–Trinajstić information content (AvgIpc) is 4.18. The van der Waals surface area contributed by atoms with Gasteiger partial charge in [0.15, 0.2) is 17.9 Å². The molecule has 2 fully saturated rings. The molecule has 484 valence electrons. The zero-order chi connectivity index (χ0) is 65.9. The highest BCUT2D eigenvalue weighted by atomic mass is 16.6. The largest absolute Gasteiger partial charge is 0.450 e. The minimum absolute atomic E-state index is 0.0251. The number of aliphatic hydroxyl groups is 1. The quantitative estimate of drug-likeness (QED) is 0.103. The van der Waals surface area contributed by atoms with Gasteiger partial charge in [0.25, 0.3) is 5.91 Å². The topological polar surface area (TPSA) is 236 Å². The number of hydrogen-bond acceptors (Lipinski definition) is 12. The monoisotopic (exact) mass is 1230 g/mol. The first-order valence-electron chi connectivity index (χ1n) is 31.8. The van der Waals surface area contributed by atoms with E-state index in [1.165, 1.54) is 61.6 Å². The molecule has 4 aromatic rings. The van der Waals surface area contributed by atoms with E-state index in [2.05, 4.69) is 15.6 Å². The Kier molecular flexibility index (Phi) is 24.4. The Balaban J connectivity index is 1.53. The van der Waals surface area contributed by atoms with Crippen molar-refractivity contribution < 1.29 is 53.0 Å². The number of ether oxygens (including phenoxy) is 1. The molecule has 89 heavy (non-hydrogen) atoms. The average molecular weight is 1230 g/mol. The van der Waals surface area contributed by atoms with E-state index in [1.54, 1.807) is 66.1 Å². The third kappa shape index (κ3) is 16.8. The molecule has 0 radical (unpaired) electrons. The van der Waals surface area contributed by atoms with E-state index in [0.717, 1.165) is 26.8 Å². The molecule has 1 aromatic heterocycles. The van der Waals surface area contributed by atoms with E-state index in [0.29, 0.717) is 30.4 Å². The molecular weight excluding hydrogens is 1130 g/mol. The fourth-order valence-corrected chi connectivity index (χ4v) is 13.0. The highest BCUT2D eigenvalue weighted by molar-refractivity contribution is 6.00. The fourth-order valence-electron chi connectivity index (χ4n) is 13.0. The van der Waals surface area contributed by atoms with Crippen LogP contribution in [0.2, 0.25) is 0 Å². The molecule has 0 bridgehead atoms. The molecule has 2 saturated heterocycles. The Morgan fingerprint density at radius 1 is 0.640 bits per heavy atom. The molecule has 3 aromatic carbocycles. The van der Waals surface area contributed by atoms with Crippen LogP contribution < -0.4 is 10.6 Å². The lowest BCUT2D eigenvalue weighted by Gasteiger charge is -2.39. The number of nitrogens with zero attached hydrogens (tertiary/aromatic N) is 6. The minimum Gasteiger partial charge on any atom is -0.450 e. The summed E-state index contributed by atoms with van der Waals surface area (Å²) in [6, 6.07) is 15.7. The third-order valence-corrected chi connectivity index (χ3v) is 18.2. The van der Waals surface area contributed by atoms with Crippen LogP contribution in [0.4, 0.5) is 0 Å². The molecule has 0 spiro atoms. The van der Waals surface area contributed by atoms with E-state index in [-0.39, 0.29) is 44.6 Å². The van der Waals surface area contributed by atoms with Crippen molar-refractivity contribution in [3.05, 3.63) is 102 Å². The number of aromatic nitrogens is 1. The summed E-state index contributed by atoms with van der Waals surface area (Å²) in [5, 5.41) is 19.7. The molecule has 19 nitrogen and oxygen atoms in total. The summed E-state index contributed by atoms with van der Waals surface area (Å²) in [5.74, 6) is -9.28. The number of carbonyl (C=O) groups excluding carboxylic acids is 9. The first-order valence-corrected chi connectivity index (χ1v) is 31.8. The third-order valence-electron chi connectivity index (χ3n) is 18.2. The van der Waals surface area contributed by atoms with Crippen LogP contribution in [0, 0.1) is 35.5 Å². The van der Waals surface area contributed by atoms with Gasteiger partial charge in [0, 0.05) is 89.2 Å². The SMILES string of the molecule is CC[C@H](C)[C@@H]1NC(=O)[C@@H]2CCCN2C(=O)[C@H](Cc2cccc(-c3cncc4ccccc34)c2)N(C)C(=O)[C@H](Cc2ccccc2)NC(=O)[C@H](C(C)C)N(C)C(=O)[C@@H]([C@@H](C)CC)OC(=O)[C@H](C(C)(C)O)N(C)C(=O)[C@H](CC(C)C)CC(=O)[C@H](C(C)C)N(C)C1=O. The van der Waals surface area contributed by atoms with Crippen molar-refractivity contribution in [1.82, 2.24) is 40.1 Å². The summed E-state index contributed by atoms with van der Waals surface area (Å²) < 4.78 is 6.16. The number of cyclic esters (lactones) is 1. The molecule has 2 aliphatic rings. The minimum atomic E-state index is -1.96. The Bertz CT molecular complexity index is 3160. The lowest BCUT2D eigenvalue weighted by atomic mass is 9.85. The Morgan fingerprint density at radius 2 is 1.26 bits per heavy atom. The number of ketones is 1. The van der Waals surface area contributed by atoms with E-state index >= 15 is 28.8 Å². The van der Waals surface area contributed by atoms with Crippen molar-refractivity contribution in [3.8, 4) is 11.1 Å². The van der Waals surface area contributed by atoms with Crippen molar-refractivity contribution in [2.45, 2.75) is 188 Å². The Hall–Kier alpha value is -7.54. The molecule has 19 heteroatoms. The van der Waals surface area contributed by atoms with Gasteiger partial charge in [-0.05, 0) is 85.3 Å². The van der Waals surface area contributed by atoms with Crippen molar-refractivity contribution >= 4 is 63.9 Å². The van der Waals surface area contributed by atoms with Crippen LogP contribution >= 0.6 is 0 Å². The molecule has 3 N–H and O–H groups in total. The number of nitrogens with one attached hydrogen (secondary N) is 2. The van der Waals surface area contributed by atoms with Gasteiger partial charge in [0.1, 0.15) is 30.2 Å². The van der Waals surface area contributed by atoms with E-state index in [9.17, 15) is 19.5 Å². The summed E-state index contributed by atoms with van der Waals surface area (Å²) >= 11 is 0. The predicted molar refractivity (Wildman–Crippen MR) is 343 cm³/mol. The van der Waals surface area contributed by atoms with E-state index in [1.807, 2.05) is 94.4 Å². The highest BCUT2D eigenvalue weighted by Gasteiger charge is 2.48. The van der Waals surface area contributed by atoms with E-state index < -0.39 is 137 Å². The summed E-state index contributed by atoms with van der Waals surface area (Å²) in [7, 11) is 5.78. The number of Topliss-reactive ketones (excluding diaryl/α,β-unsaturated/α-hetero) is 1. The molecule has 0 unspecified atom stereocenters. The van der Waals surface area contributed by atoms with Gasteiger partial charge < -0.3 is 45.0 Å². The molecule has 6 rings (SSSR count). The highest BCUT2D eigenvalue weighted by Crippen LogP contribution is 2.32. The van der Waals surface area contributed by atoms with Crippen LogP contribution in [0.3, 0.4) is 0 Å². The molecular formula is C70H98N8O11. The van der Waals surface area contributed by atoms with Crippen LogP contribution in [0.5, 0.6) is 0 Å². The lowest BCUT2D eigenvalue weighted by molar-refractivity contribution is -0.178. The number of benzene rings is 3. The number of fused-ring (bicyclic) bond motifs is 2. The molecule has 2 aliphatic heterocycles. The van der Waals surface area contributed by atoms with Crippen molar-refractivity contribution in [2.24, 2.45) is 35.5 Å². The molecule has 3 heterocycles. The smallest absolute Gasteiger partial charge is 0.332 e. The number of rotatable bonds is 14. The molecule has 0 aliphatic carbocycles. The lowest BCUT2D eigenvalue weighted by Crippen LogP contribution is -2.61. The zero-order valence-electron chi connectivity index (χ0n) is 55.3. The fraction of sp³-hybridized carbons (Fsp3) is 0.571. The number of pyridine rings is 1. The zero-order valence-corrected chi connectivity index (χ0v) is 55.3. The molecule has 7 amide bonds. The van der Waals surface area contributed by atoms with Crippen molar-refractivity contribution in [1.29, 1.82) is 0 Å². The first kappa shape index (κ1) is 70.5. The number of hydrogen-bond donors (Lipinski definition) is 3. The van der Waals surface area contributed by atoms with Crippen LogP contribution in [-0.4, -0.2) is 176 Å². The Labute approximate surface area is 527 Å². The van der Waals surface area contributed by atoms with Gasteiger partial charge in [-0.1, -0.05) is 155 Å². The Morgan fingerprint density at radius 3 is 1.88 bits per heavy atom. The van der Waals surface area contributed by atoms with Crippen LogP contribution in [0.15, 0.2) is 91.3 Å². The van der Waals surface area contributed by atoms with Gasteiger partial charge in [-0.3, -0.25) is 43.3 Å². The second-order valence-corrected chi connectivity index (χ2v) is 26.6. The maximum Gasteiger partial charge on any atom is 0.332 e. The molecule has 11 atom stereocenters. The van der Waals surface area contributed by atoms with Gasteiger partial charge in [-0.25, -0.2) is 4.79 Å². The second kappa shape index (κ2) is 30.8. The van der Waals surface area contributed by atoms with Gasteiger partial charge in [-0.2, -0.15) is 0 Å². The molecule has 0 saturated carbocycles. The van der Waals surface area contributed by atoms with Gasteiger partial charge in [0.05, 0.1) is 11.6 Å². The number of amides is 7. The predicted octanol–water partition coefficient (Wildman–Crippen LogP) is 7.68. The number of carbonyl (C=O) groups is 9. The van der Waals surface area contributed by atoms with Crippen LogP contribution in [-0.2, 0) is 60.7 Å². The standard InChI is InChI=1S/C70H98N8O11/c1-17-44(9)57-67(85)75(14)58(42(5)6)56(79)38-50(34-41(3)4)64(82)77(16)61(70(11,12)88)69(87)89-60(45(10)18-2)68(86)76(15)59(43(7)8)63(81)72-53(36-46-26-20-19-21-27-46)65(83)74(13)55(66(84)78-33-25-32-54(78)62(80)73-57)37-47-28-24-30-48(35-47)52-40-71-39-49-29-22-23-31-51(49)52/h19-24,26-31,35,39-45,50,53-55,57-61,88H,17-18,25,32-34,36-38H2,1-16H3,(H,72,81)(H,73,80)/t44-,45-,50+,53-,54-,55-,57-,58-,59-,60+,61+/m0/s1. The summed E-state index contributed by atoms with van der Waals surface area (Å²) in [5.41, 5.74) is 1.08. The van der Waals surface area contributed by atoms with Gasteiger partial charge >= 0.3 is 5.97 Å². The van der Waals surface area contributed by atoms with Crippen LogP contribution in [0.1, 0.15) is 133 Å². The van der Waals surface area contributed by atoms with Crippen LogP contribution in [0.25, 0.3) is 21.9 Å². The van der Waals surface area contributed by atoms with E-state index in [4.69, 9.17) is 4.74 Å².